The van der Waals surface area contributed by atoms with Gasteiger partial charge in [0, 0.05) is 23.7 Å². The maximum Gasteiger partial charge on any atom is 0.251 e. The largest absolute Gasteiger partial charge is 0.495 e. The molecule has 0 bridgehead atoms. The Morgan fingerprint density at radius 3 is 2.44 bits per heavy atom. The van der Waals surface area contributed by atoms with Crippen molar-refractivity contribution in [2.75, 3.05) is 13.7 Å². The van der Waals surface area contributed by atoms with Crippen LogP contribution in [0.1, 0.15) is 22.8 Å². The number of halogens is 1. The Bertz CT molecular complexity index is 851. The van der Waals surface area contributed by atoms with E-state index in [-0.39, 0.29) is 28.7 Å². The highest BCUT2D eigenvalue weighted by Crippen LogP contribution is 2.25. The number of rotatable bonds is 7. The van der Waals surface area contributed by atoms with E-state index in [1.807, 2.05) is 0 Å². The molecule has 0 aliphatic rings. The first-order chi connectivity index (χ1) is 11.9. The van der Waals surface area contributed by atoms with Gasteiger partial charge in [0.05, 0.1) is 7.11 Å². The van der Waals surface area contributed by atoms with Gasteiger partial charge in [-0.2, -0.15) is 0 Å². The monoisotopic (exact) mass is 382 g/mol. The van der Waals surface area contributed by atoms with E-state index in [4.69, 9.17) is 16.3 Å². The predicted octanol–water partition coefficient (Wildman–Crippen LogP) is 2.58. The van der Waals surface area contributed by atoms with Crippen LogP contribution in [0.2, 0.25) is 5.02 Å². The number of benzene rings is 2. The van der Waals surface area contributed by atoms with Gasteiger partial charge in [-0.15, -0.1) is 0 Å². The summed E-state index contributed by atoms with van der Waals surface area (Å²) in [4.78, 5) is 11.9. The number of carbonyl (C=O) groups excluding carboxylic acids is 1. The molecule has 0 spiro atoms. The van der Waals surface area contributed by atoms with E-state index in [2.05, 4.69) is 10.0 Å². The summed E-state index contributed by atoms with van der Waals surface area (Å²) in [5.74, 6) is -0.184. The summed E-state index contributed by atoms with van der Waals surface area (Å²) in [5, 5.41) is 3.21. The second kappa shape index (κ2) is 8.33. The molecule has 2 rings (SSSR count). The van der Waals surface area contributed by atoms with Crippen LogP contribution in [0.5, 0.6) is 5.75 Å². The second-order valence-electron chi connectivity index (χ2n) is 5.18. The molecule has 0 saturated carbocycles. The van der Waals surface area contributed by atoms with Crippen LogP contribution >= 0.6 is 11.6 Å². The normalized spacial score (nSPS) is 11.2. The highest BCUT2D eigenvalue weighted by Gasteiger charge is 2.21. The quantitative estimate of drug-likeness (QED) is 0.770. The Kier molecular flexibility index (Phi) is 6.41. The van der Waals surface area contributed by atoms with Crippen molar-refractivity contribution < 1.29 is 17.9 Å². The van der Waals surface area contributed by atoms with Crippen molar-refractivity contribution in [2.45, 2.75) is 18.4 Å². The predicted molar refractivity (Wildman–Crippen MR) is 96.5 cm³/mol. The number of carbonyl (C=O) groups is 1. The molecule has 6 nitrogen and oxygen atoms in total. The molecule has 2 aromatic rings. The summed E-state index contributed by atoms with van der Waals surface area (Å²) in [7, 11) is -2.50. The van der Waals surface area contributed by atoms with Crippen molar-refractivity contribution in [3.8, 4) is 5.75 Å². The van der Waals surface area contributed by atoms with E-state index in [0.29, 0.717) is 11.6 Å². The zero-order valence-corrected chi connectivity index (χ0v) is 15.4. The van der Waals surface area contributed by atoms with E-state index < -0.39 is 10.0 Å². The van der Waals surface area contributed by atoms with Crippen molar-refractivity contribution in [1.82, 2.24) is 10.0 Å². The molecular formula is C17H19ClN2O4S. The fraction of sp³-hybridized carbons (Fsp3) is 0.235. The molecule has 0 saturated heterocycles. The highest BCUT2D eigenvalue weighted by atomic mass is 35.5. The Balaban J connectivity index is 2.28. The van der Waals surface area contributed by atoms with E-state index in [9.17, 15) is 13.2 Å². The van der Waals surface area contributed by atoms with Crippen molar-refractivity contribution in [1.29, 1.82) is 0 Å². The van der Waals surface area contributed by atoms with E-state index in [1.54, 1.807) is 31.2 Å². The van der Waals surface area contributed by atoms with Crippen LogP contribution in [-0.4, -0.2) is 28.0 Å². The lowest BCUT2D eigenvalue weighted by atomic mass is 10.2. The molecule has 0 aliphatic carbocycles. The Hall–Kier alpha value is -2.09. The molecule has 0 fully saturated rings. The Morgan fingerprint density at radius 2 is 1.84 bits per heavy atom. The molecule has 2 aromatic carbocycles. The summed E-state index contributed by atoms with van der Waals surface area (Å²) in [6.07, 6.45) is 0. The summed E-state index contributed by atoms with van der Waals surface area (Å²) in [5.41, 5.74) is 1.00. The molecule has 0 heterocycles. The van der Waals surface area contributed by atoms with Crippen LogP contribution < -0.4 is 14.8 Å². The standard InChI is InChI=1S/C17H19ClN2O4S/c1-3-19-17(21)13-6-9-15(24-2)16(10-13)25(22,23)20-11-12-4-7-14(18)8-5-12/h4-10,20H,3,11H2,1-2H3,(H,19,21). The minimum absolute atomic E-state index is 0.0901. The minimum atomic E-state index is -3.87. The van der Waals surface area contributed by atoms with Gasteiger partial charge in [0.25, 0.3) is 5.91 Å². The number of hydrogen-bond acceptors (Lipinski definition) is 4. The van der Waals surface area contributed by atoms with Gasteiger partial charge in [-0.05, 0) is 42.8 Å². The molecular weight excluding hydrogens is 364 g/mol. The summed E-state index contributed by atoms with van der Waals surface area (Å²) < 4.78 is 32.9. The van der Waals surface area contributed by atoms with Gasteiger partial charge in [0.15, 0.2) is 0 Å². The van der Waals surface area contributed by atoms with Crippen LogP contribution in [0.15, 0.2) is 47.4 Å². The van der Waals surface area contributed by atoms with Crippen LogP contribution in [-0.2, 0) is 16.6 Å². The van der Waals surface area contributed by atoms with Gasteiger partial charge >= 0.3 is 0 Å². The fourth-order valence-electron chi connectivity index (χ4n) is 2.15. The Labute approximate surface area is 152 Å². The number of hydrogen-bond donors (Lipinski definition) is 2. The first kappa shape index (κ1) is 19.2. The number of nitrogens with one attached hydrogen (secondary N) is 2. The maximum atomic E-state index is 12.6. The van der Waals surface area contributed by atoms with Gasteiger partial charge < -0.3 is 10.1 Å². The fourth-order valence-corrected chi connectivity index (χ4v) is 3.49. The molecule has 2 N–H and O–H groups in total. The lowest BCUT2D eigenvalue weighted by Gasteiger charge is -2.12. The lowest BCUT2D eigenvalue weighted by Crippen LogP contribution is -2.26. The van der Waals surface area contributed by atoms with Crippen molar-refractivity contribution in [2.24, 2.45) is 0 Å². The summed E-state index contributed by atoms with van der Waals surface area (Å²) in [6, 6.07) is 11.1. The minimum Gasteiger partial charge on any atom is -0.495 e. The molecule has 25 heavy (non-hydrogen) atoms. The van der Waals surface area contributed by atoms with Gasteiger partial charge in [0.1, 0.15) is 10.6 Å². The lowest BCUT2D eigenvalue weighted by molar-refractivity contribution is 0.0955. The van der Waals surface area contributed by atoms with Gasteiger partial charge in [-0.25, -0.2) is 13.1 Å². The number of ether oxygens (including phenoxy) is 1. The molecule has 0 aromatic heterocycles. The van der Waals surface area contributed by atoms with Gasteiger partial charge in [-0.1, -0.05) is 23.7 Å². The molecule has 8 heteroatoms. The molecule has 0 atom stereocenters. The summed E-state index contributed by atoms with van der Waals surface area (Å²) >= 11 is 5.82. The third kappa shape index (κ3) is 4.94. The number of methoxy groups -OCH3 is 1. The topological polar surface area (TPSA) is 84.5 Å². The van der Waals surface area contributed by atoms with E-state index in [1.165, 1.54) is 25.3 Å². The first-order valence-corrected chi connectivity index (χ1v) is 9.44. The van der Waals surface area contributed by atoms with Crippen LogP contribution in [0.25, 0.3) is 0 Å². The van der Waals surface area contributed by atoms with Crippen LogP contribution in [0.4, 0.5) is 0 Å². The van der Waals surface area contributed by atoms with Crippen molar-refractivity contribution in [3.05, 3.63) is 58.6 Å². The van der Waals surface area contributed by atoms with Crippen LogP contribution in [0, 0.1) is 0 Å². The molecule has 1 amide bonds. The number of amides is 1. The maximum absolute atomic E-state index is 12.6. The van der Waals surface area contributed by atoms with Crippen LogP contribution in [0.3, 0.4) is 0 Å². The zero-order chi connectivity index (χ0) is 18.4. The molecule has 0 aliphatic heterocycles. The smallest absolute Gasteiger partial charge is 0.251 e. The first-order valence-electron chi connectivity index (χ1n) is 7.57. The Morgan fingerprint density at radius 1 is 1.16 bits per heavy atom. The average molecular weight is 383 g/mol. The van der Waals surface area contributed by atoms with Crippen molar-refractivity contribution in [3.63, 3.8) is 0 Å². The van der Waals surface area contributed by atoms with Crippen molar-refractivity contribution >= 4 is 27.5 Å². The van der Waals surface area contributed by atoms with E-state index >= 15 is 0 Å². The molecule has 134 valence electrons. The third-order valence-electron chi connectivity index (χ3n) is 3.43. The molecule has 0 unspecified atom stereocenters. The summed E-state index contributed by atoms with van der Waals surface area (Å²) in [6.45, 7) is 2.32. The SMILES string of the molecule is CCNC(=O)c1ccc(OC)c(S(=O)(=O)NCc2ccc(Cl)cc2)c1. The zero-order valence-electron chi connectivity index (χ0n) is 13.9. The highest BCUT2D eigenvalue weighted by molar-refractivity contribution is 7.89. The second-order valence-corrected chi connectivity index (χ2v) is 7.35. The third-order valence-corrected chi connectivity index (χ3v) is 5.11. The van der Waals surface area contributed by atoms with E-state index in [0.717, 1.165) is 5.56 Å². The average Bonchev–Trinajstić information content (AvgIpc) is 2.61. The number of sulfonamides is 1. The van der Waals surface area contributed by atoms with Gasteiger partial charge in [-0.3, -0.25) is 4.79 Å². The van der Waals surface area contributed by atoms with Gasteiger partial charge in [0.2, 0.25) is 10.0 Å². The molecule has 0 radical (unpaired) electrons.